The van der Waals surface area contributed by atoms with E-state index in [9.17, 15) is 9.59 Å². The zero-order valence-corrected chi connectivity index (χ0v) is 21.2. The highest BCUT2D eigenvalue weighted by Gasteiger charge is 2.44. The maximum Gasteiger partial charge on any atom is 0.328 e. The Morgan fingerprint density at radius 3 is 2.78 bits per heavy atom. The van der Waals surface area contributed by atoms with Gasteiger partial charge in [-0.15, -0.1) is 0 Å². The molecule has 1 N–H and O–H groups in total. The van der Waals surface area contributed by atoms with Gasteiger partial charge >= 0.3 is 5.97 Å². The summed E-state index contributed by atoms with van der Waals surface area (Å²) in [6, 6.07) is 9.93. The molecule has 0 aliphatic heterocycles. The Kier molecular flexibility index (Phi) is 5.95. The second-order valence-corrected chi connectivity index (χ2v) is 10.6. The number of aliphatic carboxylic acids is 1. The number of amides is 1. The average Bonchev–Trinajstić information content (AvgIpc) is 3.62. The van der Waals surface area contributed by atoms with Crippen molar-refractivity contribution < 1.29 is 14.7 Å². The summed E-state index contributed by atoms with van der Waals surface area (Å²) in [5.41, 5.74) is 3.07. The zero-order chi connectivity index (χ0) is 25.7. The predicted molar refractivity (Wildman–Crippen MR) is 144 cm³/mol. The number of rotatable bonds is 6. The quantitative estimate of drug-likeness (QED) is 0.326. The molecule has 37 heavy (non-hydrogen) atoms. The van der Waals surface area contributed by atoms with Gasteiger partial charge in [0.1, 0.15) is 0 Å². The molecule has 0 radical (unpaired) electrons. The highest BCUT2D eigenvalue weighted by Crippen LogP contribution is 2.49. The Hall–Kier alpha value is -3.71. The molecule has 6 rings (SSSR count). The van der Waals surface area contributed by atoms with Crippen molar-refractivity contribution in [1.29, 1.82) is 0 Å². The lowest BCUT2D eigenvalue weighted by Gasteiger charge is -2.30. The van der Waals surface area contributed by atoms with Gasteiger partial charge in [-0.1, -0.05) is 36.2 Å². The molecule has 2 aromatic heterocycles. The summed E-state index contributed by atoms with van der Waals surface area (Å²) >= 11 is 6.97. The van der Waals surface area contributed by atoms with Crippen LogP contribution >= 0.6 is 11.6 Å². The molecule has 2 saturated carbocycles. The Morgan fingerprint density at radius 2 is 2.03 bits per heavy atom. The van der Waals surface area contributed by atoms with Gasteiger partial charge in [0.05, 0.1) is 35.2 Å². The van der Waals surface area contributed by atoms with Gasteiger partial charge in [0.15, 0.2) is 0 Å². The first-order chi connectivity index (χ1) is 17.9. The largest absolute Gasteiger partial charge is 0.478 e. The number of carbonyl (C=O) groups excluding carboxylic acids is 1. The molecule has 1 unspecified atom stereocenters. The number of aromatic nitrogens is 3. The van der Waals surface area contributed by atoms with Crippen LogP contribution in [0, 0.1) is 17.8 Å². The van der Waals surface area contributed by atoms with Gasteiger partial charge in [-0.2, -0.15) is 5.10 Å². The van der Waals surface area contributed by atoms with E-state index in [1.165, 1.54) is 12.5 Å². The molecular formula is C29H27ClN4O3. The van der Waals surface area contributed by atoms with Crippen LogP contribution in [0.5, 0.6) is 0 Å². The molecule has 2 fully saturated rings. The third kappa shape index (κ3) is 4.27. The molecule has 2 bridgehead atoms. The summed E-state index contributed by atoms with van der Waals surface area (Å²) in [7, 11) is 1.87. The van der Waals surface area contributed by atoms with Gasteiger partial charge in [-0.3, -0.25) is 14.5 Å². The van der Waals surface area contributed by atoms with Crippen LogP contribution in [0.4, 0.5) is 5.69 Å². The molecule has 188 valence electrons. The molecule has 1 amide bonds. The van der Waals surface area contributed by atoms with Crippen LogP contribution in [0.15, 0.2) is 55.0 Å². The summed E-state index contributed by atoms with van der Waals surface area (Å²) < 4.78 is 1.77. The van der Waals surface area contributed by atoms with Gasteiger partial charge < -0.3 is 10.0 Å². The van der Waals surface area contributed by atoms with E-state index in [2.05, 4.69) is 16.1 Å². The Labute approximate surface area is 219 Å². The lowest BCUT2D eigenvalue weighted by atomic mass is 9.87. The SMILES string of the molecule is Cn1ncc2cc3cccc(CN(C(=O)C4C[C@H]5CC[C@@H]4C5)c4cncc(C=CC(=O)O)c4)c3c(Cl)c21. The van der Waals surface area contributed by atoms with E-state index < -0.39 is 5.97 Å². The van der Waals surface area contributed by atoms with Crippen LogP contribution < -0.4 is 4.90 Å². The number of carboxylic acid groups (broad SMARTS) is 1. The van der Waals surface area contributed by atoms with Crippen LogP contribution in [0.1, 0.15) is 36.8 Å². The predicted octanol–water partition coefficient (Wildman–Crippen LogP) is 5.84. The third-order valence-electron chi connectivity index (χ3n) is 8.01. The number of hydrogen-bond donors (Lipinski definition) is 1. The van der Waals surface area contributed by atoms with Crippen LogP contribution in [-0.4, -0.2) is 31.7 Å². The minimum absolute atomic E-state index is 0.00815. The lowest BCUT2D eigenvalue weighted by Crippen LogP contribution is -2.38. The fraction of sp³-hybridized carbons (Fsp3) is 0.310. The van der Waals surface area contributed by atoms with E-state index in [4.69, 9.17) is 16.7 Å². The van der Waals surface area contributed by atoms with Crippen molar-refractivity contribution in [2.45, 2.75) is 32.2 Å². The number of fused-ring (bicyclic) bond motifs is 4. The first-order valence-corrected chi connectivity index (χ1v) is 13.0. The van der Waals surface area contributed by atoms with Gasteiger partial charge in [0.2, 0.25) is 5.91 Å². The summed E-state index contributed by atoms with van der Waals surface area (Å²) in [4.78, 5) is 31.3. The normalized spacial score (nSPS) is 20.9. The van der Waals surface area contributed by atoms with E-state index >= 15 is 0 Å². The minimum Gasteiger partial charge on any atom is -0.478 e. The van der Waals surface area contributed by atoms with Crippen LogP contribution in [-0.2, 0) is 23.2 Å². The van der Waals surface area contributed by atoms with E-state index in [0.717, 1.165) is 52.6 Å². The number of nitrogens with zero attached hydrogens (tertiary/aromatic N) is 4. The molecule has 8 heteroatoms. The highest BCUT2D eigenvalue weighted by atomic mass is 35.5. The second kappa shape index (κ2) is 9.30. The van der Waals surface area contributed by atoms with Gasteiger partial charge in [-0.25, -0.2) is 4.79 Å². The molecule has 2 aliphatic rings. The number of carbonyl (C=O) groups is 2. The van der Waals surface area contributed by atoms with Crippen molar-refractivity contribution in [3.05, 3.63) is 71.1 Å². The van der Waals surface area contributed by atoms with Crippen molar-refractivity contribution in [3.8, 4) is 0 Å². The zero-order valence-electron chi connectivity index (χ0n) is 20.5. The Morgan fingerprint density at radius 1 is 1.16 bits per heavy atom. The first-order valence-electron chi connectivity index (χ1n) is 12.6. The van der Waals surface area contributed by atoms with Crippen molar-refractivity contribution in [3.63, 3.8) is 0 Å². The van der Waals surface area contributed by atoms with E-state index in [1.54, 1.807) is 23.3 Å². The Bertz CT molecular complexity index is 1580. The van der Waals surface area contributed by atoms with Crippen molar-refractivity contribution in [1.82, 2.24) is 14.8 Å². The molecule has 2 aliphatic carbocycles. The minimum atomic E-state index is -1.04. The summed E-state index contributed by atoms with van der Waals surface area (Å²) in [5, 5.41) is 16.9. The monoisotopic (exact) mass is 514 g/mol. The molecule has 7 nitrogen and oxygen atoms in total. The molecule has 0 saturated heterocycles. The smallest absolute Gasteiger partial charge is 0.328 e. The van der Waals surface area contributed by atoms with Crippen molar-refractivity contribution >= 4 is 56.9 Å². The summed E-state index contributed by atoms with van der Waals surface area (Å²) in [6.07, 6.45) is 12.0. The maximum absolute atomic E-state index is 14.1. The number of pyridine rings is 1. The molecular weight excluding hydrogens is 488 g/mol. The van der Waals surface area contributed by atoms with E-state index in [-0.39, 0.29) is 11.8 Å². The highest BCUT2D eigenvalue weighted by molar-refractivity contribution is 6.40. The van der Waals surface area contributed by atoms with Crippen molar-refractivity contribution in [2.75, 3.05) is 4.90 Å². The van der Waals surface area contributed by atoms with E-state index in [1.807, 2.05) is 36.2 Å². The first kappa shape index (κ1) is 23.7. The number of benzene rings is 2. The topological polar surface area (TPSA) is 88.3 Å². The van der Waals surface area contributed by atoms with E-state index in [0.29, 0.717) is 34.7 Å². The third-order valence-corrected chi connectivity index (χ3v) is 8.38. The molecule has 3 atom stereocenters. The second-order valence-electron chi connectivity index (χ2n) is 10.3. The molecule has 2 aromatic carbocycles. The van der Waals surface area contributed by atoms with Crippen LogP contribution in [0.25, 0.3) is 27.8 Å². The number of hydrogen-bond acceptors (Lipinski definition) is 4. The fourth-order valence-electron chi connectivity index (χ4n) is 6.32. The number of aryl methyl sites for hydroxylation is 1. The number of anilines is 1. The summed E-state index contributed by atoms with van der Waals surface area (Å²) in [5.74, 6) is 0.114. The van der Waals surface area contributed by atoms with Gasteiger partial charge in [0, 0.05) is 36.0 Å². The van der Waals surface area contributed by atoms with Crippen LogP contribution in [0.3, 0.4) is 0 Å². The van der Waals surface area contributed by atoms with Gasteiger partial charge in [-0.05, 0) is 65.8 Å². The average molecular weight is 515 g/mol. The molecule has 0 spiro atoms. The Balaban J connectivity index is 1.45. The number of halogens is 1. The summed E-state index contributed by atoms with van der Waals surface area (Å²) in [6.45, 7) is 0.334. The van der Waals surface area contributed by atoms with Gasteiger partial charge in [0.25, 0.3) is 0 Å². The molecule has 4 aromatic rings. The standard InChI is InChI=1S/C29H27ClN4O3/c1-33-28-22(14-32-33)12-20-3-2-4-21(26(20)27(28)30)16-34(29(37)24-11-17-5-7-19(24)9-17)23-10-18(13-31-15-23)6-8-25(35)36/h2-4,6,8,10,12-15,17,19,24H,5,7,9,11,16H2,1H3,(H,35,36)/t17-,19+,24?/m0/s1. The number of carboxylic acids is 1. The van der Waals surface area contributed by atoms with Crippen molar-refractivity contribution in [2.24, 2.45) is 24.8 Å². The maximum atomic E-state index is 14.1. The lowest BCUT2D eigenvalue weighted by molar-refractivity contribution is -0.131. The fourth-order valence-corrected chi connectivity index (χ4v) is 6.78. The molecule has 2 heterocycles. The van der Waals surface area contributed by atoms with Crippen LogP contribution in [0.2, 0.25) is 5.02 Å².